The summed E-state index contributed by atoms with van der Waals surface area (Å²) in [5, 5.41) is 0. The van der Waals surface area contributed by atoms with Gasteiger partial charge in [0, 0.05) is 0 Å². The minimum absolute atomic E-state index is 0.0277. The lowest BCUT2D eigenvalue weighted by Gasteiger charge is -2.26. The lowest BCUT2D eigenvalue weighted by Crippen LogP contribution is -2.38. The molecule has 0 amide bonds. The Labute approximate surface area is 121 Å². The van der Waals surface area contributed by atoms with Gasteiger partial charge >= 0.3 is 11.9 Å². The fourth-order valence-corrected chi connectivity index (χ4v) is 2.84. The molecule has 0 aromatic carbocycles. The van der Waals surface area contributed by atoms with Crippen LogP contribution in [0.5, 0.6) is 0 Å². The molecule has 1 aliphatic carbocycles. The van der Waals surface area contributed by atoms with E-state index >= 15 is 0 Å². The average Bonchev–Trinajstić information content (AvgIpc) is 3.37. The third-order valence-electron chi connectivity index (χ3n) is 4.38. The zero-order valence-electron chi connectivity index (χ0n) is 11.6. The fraction of sp³-hybridized carbons (Fsp3) is 0.857. The number of epoxide rings is 3. The second kappa shape index (κ2) is 5.23. The van der Waals surface area contributed by atoms with Crippen LogP contribution in [0.3, 0.4) is 0 Å². The molecule has 0 unspecified atom stereocenters. The van der Waals surface area contributed by atoms with Crippen LogP contribution in [0.1, 0.15) is 12.8 Å². The molecule has 6 atom stereocenters. The number of hydrogen-bond donors (Lipinski definition) is 0. The Balaban J connectivity index is 1.35. The van der Waals surface area contributed by atoms with Crippen molar-refractivity contribution in [1.82, 2.24) is 0 Å². The van der Waals surface area contributed by atoms with Crippen molar-refractivity contribution in [3.05, 3.63) is 0 Å². The maximum absolute atomic E-state index is 12.2. The summed E-state index contributed by atoms with van der Waals surface area (Å²) in [6.45, 7) is 1.81. The highest BCUT2D eigenvalue weighted by Crippen LogP contribution is 2.44. The Hall–Kier alpha value is -1.18. The Morgan fingerprint density at radius 3 is 1.67 bits per heavy atom. The van der Waals surface area contributed by atoms with Crippen molar-refractivity contribution in [2.24, 2.45) is 11.8 Å². The molecular formula is C14H18O7. The molecule has 21 heavy (non-hydrogen) atoms. The van der Waals surface area contributed by atoms with Crippen LogP contribution in [-0.4, -0.2) is 62.8 Å². The van der Waals surface area contributed by atoms with Gasteiger partial charge in [-0.25, -0.2) is 0 Å². The molecule has 0 radical (unpaired) electrons. The van der Waals surface area contributed by atoms with Crippen molar-refractivity contribution in [3.8, 4) is 0 Å². The number of fused-ring (bicyclic) bond motifs is 1. The SMILES string of the molecule is O=C(OC[C@@H]1CO1)[C@H]1C[C@H]2O[C@@H]2C[C@@H]1C(=O)OC[C@@H]1CO1. The van der Waals surface area contributed by atoms with Crippen molar-refractivity contribution in [1.29, 1.82) is 0 Å². The van der Waals surface area contributed by atoms with Gasteiger partial charge in [-0.3, -0.25) is 9.59 Å². The third-order valence-corrected chi connectivity index (χ3v) is 4.38. The first-order valence-electron chi connectivity index (χ1n) is 7.42. The van der Waals surface area contributed by atoms with Crippen molar-refractivity contribution in [2.45, 2.75) is 37.3 Å². The van der Waals surface area contributed by atoms with Crippen LogP contribution >= 0.6 is 0 Å². The van der Waals surface area contributed by atoms with Crippen LogP contribution in [-0.2, 0) is 33.3 Å². The van der Waals surface area contributed by atoms with E-state index in [1.807, 2.05) is 0 Å². The van der Waals surface area contributed by atoms with Gasteiger partial charge in [0.2, 0.25) is 0 Å². The van der Waals surface area contributed by atoms with E-state index in [1.54, 1.807) is 0 Å². The first-order valence-corrected chi connectivity index (χ1v) is 7.42. The second-order valence-electron chi connectivity index (χ2n) is 6.07. The van der Waals surface area contributed by atoms with Crippen molar-refractivity contribution >= 4 is 11.9 Å². The lowest BCUT2D eigenvalue weighted by molar-refractivity contribution is -0.162. The number of carbonyl (C=O) groups is 2. The molecule has 4 rings (SSSR count). The van der Waals surface area contributed by atoms with Crippen LogP contribution < -0.4 is 0 Å². The normalized spacial score (nSPS) is 42.7. The number of rotatable bonds is 6. The maximum Gasteiger partial charge on any atom is 0.310 e. The minimum atomic E-state index is -0.472. The smallest absolute Gasteiger partial charge is 0.310 e. The summed E-state index contributed by atoms with van der Waals surface area (Å²) in [6.07, 6.45) is 1.31. The molecule has 0 aromatic heterocycles. The van der Waals surface area contributed by atoms with E-state index in [-0.39, 0.29) is 49.6 Å². The molecule has 3 aliphatic heterocycles. The highest BCUT2D eigenvalue weighted by atomic mass is 16.6. The summed E-state index contributed by atoms with van der Waals surface area (Å²) >= 11 is 0. The minimum Gasteiger partial charge on any atom is -0.463 e. The van der Waals surface area contributed by atoms with Crippen LogP contribution in [0.2, 0.25) is 0 Å². The summed E-state index contributed by atoms with van der Waals surface area (Å²) < 4.78 is 26.0. The Morgan fingerprint density at radius 1 is 0.857 bits per heavy atom. The van der Waals surface area contributed by atoms with Gasteiger partial charge in [-0.15, -0.1) is 0 Å². The van der Waals surface area contributed by atoms with Crippen LogP contribution in [0.25, 0.3) is 0 Å². The quantitative estimate of drug-likeness (QED) is 0.489. The van der Waals surface area contributed by atoms with E-state index in [2.05, 4.69) is 0 Å². The summed E-state index contributed by atoms with van der Waals surface area (Å²) in [4.78, 5) is 24.4. The number of ether oxygens (including phenoxy) is 5. The zero-order chi connectivity index (χ0) is 14.4. The monoisotopic (exact) mass is 298 g/mol. The molecule has 3 heterocycles. The molecule has 0 spiro atoms. The van der Waals surface area contributed by atoms with Gasteiger partial charge in [0.25, 0.3) is 0 Å². The Bertz CT molecular complexity index is 403. The summed E-state index contributed by atoms with van der Waals surface area (Å²) in [5.74, 6) is -1.63. The standard InChI is InChI=1S/C14H18O7/c15-13(19-5-7-3-17-7)9-1-11-12(21-11)2-10(9)14(16)20-6-8-4-18-8/h7-12H,1-6H2/t7-,8-,9-,10-,11+,12+/m0/s1. The van der Waals surface area contributed by atoms with E-state index in [9.17, 15) is 9.59 Å². The molecule has 7 heteroatoms. The summed E-state index contributed by atoms with van der Waals surface area (Å²) in [5.41, 5.74) is 0. The molecule has 3 saturated heterocycles. The van der Waals surface area contributed by atoms with Crippen LogP contribution in [0.4, 0.5) is 0 Å². The molecule has 7 nitrogen and oxygen atoms in total. The molecule has 4 fully saturated rings. The number of esters is 2. The van der Waals surface area contributed by atoms with E-state index in [0.717, 1.165) is 0 Å². The first kappa shape index (κ1) is 13.5. The lowest BCUT2D eigenvalue weighted by atomic mass is 9.79. The molecule has 116 valence electrons. The van der Waals surface area contributed by atoms with Gasteiger partial charge in [0.05, 0.1) is 37.3 Å². The van der Waals surface area contributed by atoms with Gasteiger partial charge in [-0.2, -0.15) is 0 Å². The summed E-state index contributed by atoms with van der Waals surface area (Å²) in [7, 11) is 0. The molecule has 0 bridgehead atoms. The van der Waals surface area contributed by atoms with Crippen molar-refractivity contribution in [3.63, 3.8) is 0 Å². The highest BCUT2D eigenvalue weighted by molar-refractivity contribution is 5.82. The Morgan fingerprint density at radius 2 is 1.29 bits per heavy atom. The van der Waals surface area contributed by atoms with Gasteiger partial charge in [0.1, 0.15) is 25.4 Å². The second-order valence-corrected chi connectivity index (χ2v) is 6.07. The van der Waals surface area contributed by atoms with E-state index < -0.39 is 11.8 Å². The third kappa shape index (κ3) is 3.20. The predicted octanol–water partition coefficient (Wildman–Crippen LogP) is -0.336. The van der Waals surface area contributed by atoms with E-state index in [4.69, 9.17) is 23.7 Å². The van der Waals surface area contributed by atoms with Gasteiger partial charge in [-0.1, -0.05) is 0 Å². The number of carbonyl (C=O) groups excluding carboxylic acids is 2. The number of hydrogen-bond acceptors (Lipinski definition) is 7. The molecule has 1 saturated carbocycles. The largest absolute Gasteiger partial charge is 0.463 e. The summed E-state index contributed by atoms with van der Waals surface area (Å²) in [6, 6.07) is 0. The van der Waals surface area contributed by atoms with Gasteiger partial charge < -0.3 is 23.7 Å². The Kier molecular flexibility index (Phi) is 3.35. The first-order chi connectivity index (χ1) is 10.2. The van der Waals surface area contributed by atoms with Crippen molar-refractivity contribution < 1.29 is 33.3 Å². The topological polar surface area (TPSA) is 90.2 Å². The predicted molar refractivity (Wildman–Crippen MR) is 66.3 cm³/mol. The van der Waals surface area contributed by atoms with Gasteiger partial charge in [-0.05, 0) is 12.8 Å². The highest BCUT2D eigenvalue weighted by Gasteiger charge is 2.53. The molecule has 4 aliphatic rings. The maximum atomic E-state index is 12.2. The fourth-order valence-electron chi connectivity index (χ4n) is 2.84. The van der Waals surface area contributed by atoms with Crippen LogP contribution in [0, 0.1) is 11.8 Å². The van der Waals surface area contributed by atoms with Crippen LogP contribution in [0.15, 0.2) is 0 Å². The van der Waals surface area contributed by atoms with Gasteiger partial charge in [0.15, 0.2) is 0 Å². The molecule has 0 N–H and O–H groups in total. The van der Waals surface area contributed by atoms with E-state index in [1.165, 1.54) is 0 Å². The van der Waals surface area contributed by atoms with Crippen molar-refractivity contribution in [2.75, 3.05) is 26.4 Å². The molecular weight excluding hydrogens is 280 g/mol. The zero-order valence-corrected chi connectivity index (χ0v) is 11.6. The average molecular weight is 298 g/mol. The molecule has 0 aromatic rings. The van der Waals surface area contributed by atoms with E-state index in [0.29, 0.717) is 26.1 Å².